The summed E-state index contributed by atoms with van der Waals surface area (Å²) >= 11 is 0. The molecule has 1 aromatic carbocycles. The molecule has 0 aromatic heterocycles. The second-order valence-electron chi connectivity index (χ2n) is 4.47. The second kappa shape index (κ2) is 4.26. The standard InChI is InChI=1S/C13H16O3/c14-12(15)9-10-5-1-2-6-11(10)13(16)7-3-4-8-13/h1-2,5-6,16H,3-4,7-9H2,(H,14,15). The molecule has 0 heterocycles. The Kier molecular flexibility index (Phi) is 2.97. The number of carbonyl (C=O) groups is 1. The van der Waals surface area contributed by atoms with Crippen molar-refractivity contribution in [2.24, 2.45) is 0 Å². The fourth-order valence-corrected chi connectivity index (χ4v) is 2.52. The molecule has 1 aromatic rings. The minimum atomic E-state index is -0.853. The molecule has 2 N–H and O–H groups in total. The molecular formula is C13H16O3. The summed E-state index contributed by atoms with van der Waals surface area (Å²) in [6, 6.07) is 7.32. The van der Waals surface area contributed by atoms with Gasteiger partial charge in [-0.05, 0) is 24.0 Å². The monoisotopic (exact) mass is 220 g/mol. The average Bonchev–Trinajstić information content (AvgIpc) is 2.66. The molecule has 0 radical (unpaired) electrons. The normalized spacial score (nSPS) is 18.6. The quantitative estimate of drug-likeness (QED) is 0.819. The maximum atomic E-state index is 10.8. The van der Waals surface area contributed by atoms with Gasteiger partial charge < -0.3 is 10.2 Å². The van der Waals surface area contributed by atoms with Crippen molar-refractivity contribution in [3.8, 4) is 0 Å². The molecule has 1 aliphatic carbocycles. The van der Waals surface area contributed by atoms with Crippen molar-refractivity contribution in [3.63, 3.8) is 0 Å². The molecule has 0 unspecified atom stereocenters. The van der Waals surface area contributed by atoms with Gasteiger partial charge in [0.05, 0.1) is 12.0 Å². The molecule has 3 heteroatoms. The first kappa shape index (κ1) is 11.1. The van der Waals surface area contributed by atoms with Crippen LogP contribution in [0.15, 0.2) is 24.3 Å². The molecular weight excluding hydrogens is 204 g/mol. The summed E-state index contributed by atoms with van der Waals surface area (Å²) in [7, 11) is 0. The van der Waals surface area contributed by atoms with Gasteiger partial charge in [-0.2, -0.15) is 0 Å². The Bertz CT molecular complexity index is 392. The second-order valence-corrected chi connectivity index (χ2v) is 4.47. The van der Waals surface area contributed by atoms with E-state index in [9.17, 15) is 9.90 Å². The Balaban J connectivity index is 2.35. The molecule has 0 saturated heterocycles. The van der Waals surface area contributed by atoms with E-state index in [-0.39, 0.29) is 6.42 Å². The Hall–Kier alpha value is -1.35. The number of benzene rings is 1. The fraction of sp³-hybridized carbons (Fsp3) is 0.462. The topological polar surface area (TPSA) is 57.5 Å². The van der Waals surface area contributed by atoms with E-state index in [2.05, 4.69) is 0 Å². The number of hydrogen-bond acceptors (Lipinski definition) is 2. The van der Waals surface area contributed by atoms with Crippen LogP contribution in [0.2, 0.25) is 0 Å². The zero-order valence-corrected chi connectivity index (χ0v) is 9.15. The van der Waals surface area contributed by atoms with E-state index < -0.39 is 11.6 Å². The van der Waals surface area contributed by atoms with E-state index in [0.29, 0.717) is 0 Å². The van der Waals surface area contributed by atoms with Gasteiger partial charge >= 0.3 is 5.97 Å². The van der Waals surface area contributed by atoms with E-state index in [1.54, 1.807) is 6.07 Å². The van der Waals surface area contributed by atoms with Crippen LogP contribution in [0.3, 0.4) is 0 Å². The van der Waals surface area contributed by atoms with Gasteiger partial charge in [-0.15, -0.1) is 0 Å². The molecule has 0 amide bonds. The molecule has 0 bridgehead atoms. The number of hydrogen-bond donors (Lipinski definition) is 2. The van der Waals surface area contributed by atoms with Crippen molar-refractivity contribution < 1.29 is 15.0 Å². The van der Waals surface area contributed by atoms with Crippen molar-refractivity contribution in [1.29, 1.82) is 0 Å². The predicted molar refractivity (Wildman–Crippen MR) is 60.1 cm³/mol. The van der Waals surface area contributed by atoms with Crippen molar-refractivity contribution in [2.45, 2.75) is 37.7 Å². The van der Waals surface area contributed by atoms with E-state index in [0.717, 1.165) is 36.8 Å². The van der Waals surface area contributed by atoms with Crippen LogP contribution in [0.1, 0.15) is 36.8 Å². The number of carboxylic acids is 1. The molecule has 86 valence electrons. The lowest BCUT2D eigenvalue weighted by atomic mass is 9.87. The lowest BCUT2D eigenvalue weighted by Gasteiger charge is -2.25. The highest BCUT2D eigenvalue weighted by molar-refractivity contribution is 5.71. The molecule has 0 atom stereocenters. The highest BCUT2D eigenvalue weighted by Gasteiger charge is 2.34. The van der Waals surface area contributed by atoms with Crippen LogP contribution in [0.25, 0.3) is 0 Å². The minimum absolute atomic E-state index is 0.0154. The zero-order chi connectivity index (χ0) is 11.6. The Morgan fingerprint density at radius 1 is 1.25 bits per heavy atom. The lowest BCUT2D eigenvalue weighted by Crippen LogP contribution is -2.23. The van der Waals surface area contributed by atoms with Crippen LogP contribution in [0.4, 0.5) is 0 Å². The highest BCUT2D eigenvalue weighted by Crippen LogP contribution is 2.39. The smallest absolute Gasteiger partial charge is 0.307 e. The van der Waals surface area contributed by atoms with Crippen LogP contribution in [-0.2, 0) is 16.8 Å². The van der Waals surface area contributed by atoms with Crippen LogP contribution < -0.4 is 0 Å². The van der Waals surface area contributed by atoms with Crippen LogP contribution in [0.5, 0.6) is 0 Å². The van der Waals surface area contributed by atoms with E-state index >= 15 is 0 Å². The van der Waals surface area contributed by atoms with Crippen LogP contribution in [0, 0.1) is 0 Å². The molecule has 0 spiro atoms. The van der Waals surface area contributed by atoms with Gasteiger partial charge in [0, 0.05) is 0 Å². The van der Waals surface area contributed by atoms with Gasteiger partial charge in [0.15, 0.2) is 0 Å². The number of carboxylic acid groups (broad SMARTS) is 1. The zero-order valence-electron chi connectivity index (χ0n) is 9.15. The minimum Gasteiger partial charge on any atom is -0.481 e. The van der Waals surface area contributed by atoms with Gasteiger partial charge in [0.2, 0.25) is 0 Å². The van der Waals surface area contributed by atoms with Crippen molar-refractivity contribution in [3.05, 3.63) is 35.4 Å². The first-order valence-corrected chi connectivity index (χ1v) is 5.64. The average molecular weight is 220 g/mol. The van der Waals surface area contributed by atoms with Gasteiger partial charge in [-0.3, -0.25) is 4.79 Å². The Morgan fingerprint density at radius 3 is 2.50 bits per heavy atom. The molecule has 1 fully saturated rings. The van der Waals surface area contributed by atoms with Crippen molar-refractivity contribution in [2.75, 3.05) is 0 Å². The summed E-state index contributed by atoms with van der Waals surface area (Å²) in [4.78, 5) is 10.8. The third-order valence-corrected chi connectivity index (χ3v) is 3.29. The van der Waals surface area contributed by atoms with Gasteiger partial charge in [0.1, 0.15) is 0 Å². The van der Waals surface area contributed by atoms with E-state index in [4.69, 9.17) is 5.11 Å². The maximum absolute atomic E-state index is 10.8. The summed E-state index contributed by atoms with van der Waals surface area (Å²) in [5.74, 6) is -0.853. The highest BCUT2D eigenvalue weighted by atomic mass is 16.4. The van der Waals surface area contributed by atoms with Gasteiger partial charge in [-0.25, -0.2) is 0 Å². The van der Waals surface area contributed by atoms with Gasteiger partial charge in [-0.1, -0.05) is 37.1 Å². The van der Waals surface area contributed by atoms with Crippen LogP contribution in [-0.4, -0.2) is 16.2 Å². The summed E-state index contributed by atoms with van der Waals surface area (Å²) in [5, 5.41) is 19.3. The third-order valence-electron chi connectivity index (χ3n) is 3.29. The largest absolute Gasteiger partial charge is 0.481 e. The fourth-order valence-electron chi connectivity index (χ4n) is 2.52. The SMILES string of the molecule is O=C(O)Cc1ccccc1C1(O)CCCC1. The number of aliphatic hydroxyl groups is 1. The molecule has 2 rings (SSSR count). The maximum Gasteiger partial charge on any atom is 0.307 e. The molecule has 0 aliphatic heterocycles. The van der Waals surface area contributed by atoms with Crippen molar-refractivity contribution >= 4 is 5.97 Å². The Labute approximate surface area is 94.7 Å². The molecule has 1 saturated carbocycles. The molecule has 16 heavy (non-hydrogen) atoms. The lowest BCUT2D eigenvalue weighted by molar-refractivity contribution is -0.136. The van der Waals surface area contributed by atoms with E-state index in [1.807, 2.05) is 18.2 Å². The number of aliphatic carboxylic acids is 1. The first-order chi connectivity index (χ1) is 7.62. The summed E-state index contributed by atoms with van der Waals surface area (Å²) < 4.78 is 0. The molecule has 3 nitrogen and oxygen atoms in total. The summed E-state index contributed by atoms with van der Waals surface area (Å²) in [6.45, 7) is 0. The summed E-state index contributed by atoms with van der Waals surface area (Å²) in [6.07, 6.45) is 3.49. The Morgan fingerprint density at radius 2 is 1.88 bits per heavy atom. The summed E-state index contributed by atoms with van der Waals surface area (Å²) in [5.41, 5.74) is 0.737. The number of rotatable bonds is 3. The van der Waals surface area contributed by atoms with Gasteiger partial charge in [0.25, 0.3) is 0 Å². The first-order valence-electron chi connectivity index (χ1n) is 5.64. The van der Waals surface area contributed by atoms with Crippen LogP contribution >= 0.6 is 0 Å². The van der Waals surface area contributed by atoms with Crippen molar-refractivity contribution in [1.82, 2.24) is 0 Å². The predicted octanol–water partition coefficient (Wildman–Crippen LogP) is 2.08. The molecule has 1 aliphatic rings. The van der Waals surface area contributed by atoms with E-state index in [1.165, 1.54) is 0 Å². The third kappa shape index (κ3) is 2.09.